The lowest BCUT2D eigenvalue weighted by molar-refractivity contribution is -0.117. The van der Waals surface area contributed by atoms with Gasteiger partial charge in [0.2, 0.25) is 11.8 Å². The SMILES string of the molecule is CC(=O)Nc1cccc(NC(=O)C(C)c2ccc3c(c2)[nH]c2ccc(Cl)cc23)c1. The standard InChI is InChI=1S/C23H20ClN3O2/c1-13(23(29)26-18-5-3-4-17(12-18)25-14(2)28)15-6-8-19-20-11-16(24)7-9-21(20)27-22(19)10-15/h3-13,27H,1-2H3,(H,25,28)(H,26,29). The maximum absolute atomic E-state index is 12.8. The second-order valence-electron chi connectivity index (χ2n) is 7.09. The van der Waals surface area contributed by atoms with Crippen LogP contribution in [0.3, 0.4) is 0 Å². The number of aromatic nitrogens is 1. The molecule has 146 valence electrons. The van der Waals surface area contributed by atoms with E-state index < -0.39 is 0 Å². The lowest BCUT2D eigenvalue weighted by Gasteiger charge is -2.13. The molecule has 0 aliphatic rings. The van der Waals surface area contributed by atoms with Gasteiger partial charge in [-0.3, -0.25) is 9.59 Å². The van der Waals surface area contributed by atoms with Gasteiger partial charge in [-0.2, -0.15) is 0 Å². The molecule has 0 saturated heterocycles. The Morgan fingerprint density at radius 2 is 1.66 bits per heavy atom. The first-order valence-corrected chi connectivity index (χ1v) is 9.68. The fourth-order valence-corrected chi connectivity index (χ4v) is 3.61. The molecule has 1 heterocycles. The number of hydrogen-bond donors (Lipinski definition) is 3. The van der Waals surface area contributed by atoms with Crippen molar-refractivity contribution in [2.75, 3.05) is 10.6 Å². The quantitative estimate of drug-likeness (QED) is 0.409. The van der Waals surface area contributed by atoms with Crippen molar-refractivity contribution in [1.29, 1.82) is 0 Å². The monoisotopic (exact) mass is 405 g/mol. The summed E-state index contributed by atoms with van der Waals surface area (Å²) in [5.41, 5.74) is 4.15. The van der Waals surface area contributed by atoms with Gasteiger partial charge in [0.05, 0.1) is 5.92 Å². The Kier molecular flexibility index (Phi) is 4.99. The van der Waals surface area contributed by atoms with Crippen LogP contribution in [0.2, 0.25) is 5.02 Å². The lowest BCUT2D eigenvalue weighted by atomic mass is 9.98. The molecule has 2 amide bonds. The molecule has 4 rings (SSSR count). The number of hydrogen-bond acceptors (Lipinski definition) is 2. The number of carbonyl (C=O) groups excluding carboxylic acids is 2. The molecule has 1 unspecified atom stereocenters. The summed E-state index contributed by atoms with van der Waals surface area (Å²) in [6.45, 7) is 3.31. The Labute approximate surface area is 173 Å². The molecular weight excluding hydrogens is 386 g/mol. The van der Waals surface area contributed by atoms with E-state index in [0.717, 1.165) is 27.4 Å². The maximum atomic E-state index is 12.8. The molecule has 0 aliphatic carbocycles. The van der Waals surface area contributed by atoms with E-state index in [2.05, 4.69) is 15.6 Å². The number of rotatable bonds is 4. The minimum absolute atomic E-state index is 0.122. The second kappa shape index (κ2) is 7.60. The summed E-state index contributed by atoms with van der Waals surface area (Å²) in [5.74, 6) is -0.628. The Hall–Kier alpha value is -3.31. The van der Waals surface area contributed by atoms with Crippen LogP contribution in [-0.2, 0) is 9.59 Å². The van der Waals surface area contributed by atoms with Crippen LogP contribution in [0, 0.1) is 0 Å². The third-order valence-corrected chi connectivity index (χ3v) is 5.16. The van der Waals surface area contributed by atoms with Gasteiger partial charge in [0.1, 0.15) is 0 Å². The lowest BCUT2D eigenvalue weighted by Crippen LogP contribution is -2.19. The molecule has 3 N–H and O–H groups in total. The number of fused-ring (bicyclic) bond motifs is 3. The number of benzene rings is 3. The van der Waals surface area contributed by atoms with E-state index in [1.54, 1.807) is 24.3 Å². The maximum Gasteiger partial charge on any atom is 0.231 e. The molecule has 0 radical (unpaired) electrons. The number of H-pyrrole nitrogens is 1. The topological polar surface area (TPSA) is 74.0 Å². The van der Waals surface area contributed by atoms with Crippen molar-refractivity contribution >= 4 is 56.6 Å². The number of amides is 2. The zero-order chi connectivity index (χ0) is 20.5. The van der Waals surface area contributed by atoms with Crippen molar-refractivity contribution < 1.29 is 9.59 Å². The summed E-state index contributed by atoms with van der Waals surface area (Å²) in [4.78, 5) is 27.4. The molecule has 6 heteroatoms. The Bertz CT molecular complexity index is 1250. The Morgan fingerprint density at radius 1 is 0.897 bits per heavy atom. The van der Waals surface area contributed by atoms with Crippen LogP contribution in [0.1, 0.15) is 25.3 Å². The van der Waals surface area contributed by atoms with Crippen molar-refractivity contribution in [2.45, 2.75) is 19.8 Å². The van der Waals surface area contributed by atoms with Gasteiger partial charge in [-0.15, -0.1) is 0 Å². The number of aromatic amines is 1. The molecule has 0 fully saturated rings. The van der Waals surface area contributed by atoms with Crippen molar-refractivity contribution in [3.05, 3.63) is 71.2 Å². The molecule has 0 bridgehead atoms. The second-order valence-corrected chi connectivity index (χ2v) is 7.53. The number of carbonyl (C=O) groups is 2. The van der Waals surface area contributed by atoms with Gasteiger partial charge >= 0.3 is 0 Å². The first-order chi connectivity index (χ1) is 13.9. The fraction of sp³-hybridized carbons (Fsp3) is 0.130. The van der Waals surface area contributed by atoms with E-state index >= 15 is 0 Å². The third kappa shape index (κ3) is 3.96. The summed E-state index contributed by atoms with van der Waals surface area (Å²) >= 11 is 6.13. The highest BCUT2D eigenvalue weighted by Crippen LogP contribution is 2.30. The van der Waals surface area contributed by atoms with Crippen LogP contribution in [0.4, 0.5) is 11.4 Å². The molecule has 4 aromatic rings. The van der Waals surface area contributed by atoms with Crippen LogP contribution >= 0.6 is 11.6 Å². The first-order valence-electron chi connectivity index (χ1n) is 9.30. The zero-order valence-corrected chi connectivity index (χ0v) is 16.8. The molecule has 1 atom stereocenters. The minimum Gasteiger partial charge on any atom is -0.355 e. The van der Waals surface area contributed by atoms with E-state index in [1.165, 1.54) is 6.92 Å². The van der Waals surface area contributed by atoms with Crippen LogP contribution < -0.4 is 10.6 Å². The van der Waals surface area contributed by atoms with Gasteiger partial charge in [0.15, 0.2) is 0 Å². The van der Waals surface area contributed by atoms with Crippen molar-refractivity contribution in [3.63, 3.8) is 0 Å². The summed E-state index contributed by atoms with van der Waals surface area (Å²) in [6.07, 6.45) is 0. The normalized spacial score (nSPS) is 12.1. The average Bonchev–Trinajstić information content (AvgIpc) is 3.04. The van der Waals surface area contributed by atoms with Crippen LogP contribution in [0.25, 0.3) is 21.8 Å². The predicted molar refractivity (Wildman–Crippen MR) is 119 cm³/mol. The highest BCUT2D eigenvalue weighted by Gasteiger charge is 2.17. The Balaban J connectivity index is 1.58. The van der Waals surface area contributed by atoms with Crippen LogP contribution in [0.15, 0.2) is 60.7 Å². The minimum atomic E-state index is -0.348. The van der Waals surface area contributed by atoms with Crippen molar-refractivity contribution in [2.24, 2.45) is 0 Å². The number of nitrogens with one attached hydrogen (secondary N) is 3. The first kappa shape index (κ1) is 19.0. The average molecular weight is 406 g/mol. The van der Waals surface area contributed by atoms with Gasteiger partial charge < -0.3 is 15.6 Å². The molecule has 0 spiro atoms. The Morgan fingerprint density at radius 3 is 2.41 bits per heavy atom. The molecule has 29 heavy (non-hydrogen) atoms. The summed E-state index contributed by atoms with van der Waals surface area (Å²) in [7, 11) is 0. The molecule has 0 aliphatic heterocycles. The molecule has 1 aromatic heterocycles. The smallest absolute Gasteiger partial charge is 0.231 e. The van der Waals surface area contributed by atoms with Gasteiger partial charge in [-0.05, 0) is 55.0 Å². The molecule has 5 nitrogen and oxygen atoms in total. The van der Waals surface area contributed by atoms with E-state index in [9.17, 15) is 9.59 Å². The van der Waals surface area contributed by atoms with Crippen molar-refractivity contribution in [1.82, 2.24) is 4.98 Å². The molecule has 0 saturated carbocycles. The fourth-order valence-electron chi connectivity index (χ4n) is 3.44. The van der Waals surface area contributed by atoms with Crippen molar-refractivity contribution in [3.8, 4) is 0 Å². The number of halogens is 1. The summed E-state index contributed by atoms with van der Waals surface area (Å²) in [5, 5.41) is 8.45. The van der Waals surface area contributed by atoms with Crippen LogP contribution in [0.5, 0.6) is 0 Å². The van der Waals surface area contributed by atoms with Gasteiger partial charge in [0, 0.05) is 45.1 Å². The molecule has 3 aromatic carbocycles. The number of anilines is 2. The van der Waals surface area contributed by atoms with E-state index in [1.807, 2.05) is 43.3 Å². The summed E-state index contributed by atoms with van der Waals surface area (Å²) < 4.78 is 0. The van der Waals surface area contributed by atoms with Crippen LogP contribution in [-0.4, -0.2) is 16.8 Å². The van der Waals surface area contributed by atoms with E-state index in [4.69, 9.17) is 11.6 Å². The van der Waals surface area contributed by atoms with E-state index in [0.29, 0.717) is 16.4 Å². The highest BCUT2D eigenvalue weighted by molar-refractivity contribution is 6.31. The van der Waals surface area contributed by atoms with Gasteiger partial charge in [-0.1, -0.05) is 29.8 Å². The van der Waals surface area contributed by atoms with E-state index in [-0.39, 0.29) is 17.7 Å². The zero-order valence-electron chi connectivity index (χ0n) is 16.0. The van der Waals surface area contributed by atoms with Gasteiger partial charge in [-0.25, -0.2) is 0 Å². The largest absolute Gasteiger partial charge is 0.355 e. The highest BCUT2D eigenvalue weighted by atomic mass is 35.5. The summed E-state index contributed by atoms with van der Waals surface area (Å²) in [6, 6.07) is 18.8. The molecular formula is C23H20ClN3O2. The van der Waals surface area contributed by atoms with Gasteiger partial charge in [0.25, 0.3) is 0 Å². The third-order valence-electron chi connectivity index (χ3n) is 4.93. The predicted octanol–water partition coefficient (Wildman–Crippen LogP) is 5.68.